The lowest BCUT2D eigenvalue weighted by Gasteiger charge is -2.21. The van der Waals surface area contributed by atoms with Crippen molar-refractivity contribution in [1.29, 1.82) is 0 Å². The fraction of sp³-hybridized carbons (Fsp3) is 0.900. The van der Waals surface area contributed by atoms with E-state index in [4.69, 9.17) is 0 Å². The van der Waals surface area contributed by atoms with Gasteiger partial charge in [-0.3, -0.25) is 4.79 Å². The standard InChI is InChI=1S/C10H17F3N2O/c11-10(12,13)4-2-6-15-9(16)8-3-1-5-14-7-8/h8,14H,1-7H2,(H,15,16). The fourth-order valence-electron chi connectivity index (χ4n) is 1.72. The lowest BCUT2D eigenvalue weighted by molar-refractivity contribution is -0.136. The van der Waals surface area contributed by atoms with E-state index in [0.29, 0.717) is 6.54 Å². The maximum Gasteiger partial charge on any atom is 0.389 e. The molecule has 0 aliphatic carbocycles. The molecule has 94 valence electrons. The van der Waals surface area contributed by atoms with Gasteiger partial charge in [0, 0.05) is 19.5 Å². The van der Waals surface area contributed by atoms with Crippen molar-refractivity contribution in [2.75, 3.05) is 19.6 Å². The summed E-state index contributed by atoms with van der Waals surface area (Å²) in [6, 6.07) is 0. The quantitative estimate of drug-likeness (QED) is 0.728. The summed E-state index contributed by atoms with van der Waals surface area (Å²) in [6.45, 7) is 1.65. The molecule has 0 aromatic heterocycles. The predicted molar refractivity (Wildman–Crippen MR) is 53.9 cm³/mol. The van der Waals surface area contributed by atoms with E-state index in [2.05, 4.69) is 10.6 Å². The van der Waals surface area contributed by atoms with Crippen molar-refractivity contribution in [2.24, 2.45) is 5.92 Å². The van der Waals surface area contributed by atoms with E-state index in [0.717, 1.165) is 19.4 Å². The maximum absolute atomic E-state index is 11.8. The third kappa shape index (κ3) is 5.34. The molecule has 1 aliphatic rings. The highest BCUT2D eigenvalue weighted by Crippen LogP contribution is 2.20. The first-order valence-corrected chi connectivity index (χ1v) is 5.54. The van der Waals surface area contributed by atoms with Crippen LogP contribution in [0.1, 0.15) is 25.7 Å². The molecule has 0 bridgehead atoms. The molecular weight excluding hydrogens is 221 g/mol. The third-order valence-corrected chi connectivity index (χ3v) is 2.60. The van der Waals surface area contributed by atoms with Crippen LogP contribution in [0.3, 0.4) is 0 Å². The monoisotopic (exact) mass is 238 g/mol. The molecule has 16 heavy (non-hydrogen) atoms. The van der Waals surface area contributed by atoms with Crippen LogP contribution in [0.25, 0.3) is 0 Å². The largest absolute Gasteiger partial charge is 0.389 e. The zero-order valence-corrected chi connectivity index (χ0v) is 9.07. The predicted octanol–water partition coefficient (Wildman–Crippen LogP) is 1.44. The minimum absolute atomic E-state index is 0.0462. The molecule has 1 atom stereocenters. The van der Waals surface area contributed by atoms with Crippen LogP contribution in [0.2, 0.25) is 0 Å². The number of piperidine rings is 1. The van der Waals surface area contributed by atoms with Crippen LogP contribution in [-0.4, -0.2) is 31.7 Å². The van der Waals surface area contributed by atoms with E-state index < -0.39 is 12.6 Å². The maximum atomic E-state index is 11.8. The van der Waals surface area contributed by atoms with Crippen molar-refractivity contribution in [3.8, 4) is 0 Å². The van der Waals surface area contributed by atoms with E-state index in [9.17, 15) is 18.0 Å². The van der Waals surface area contributed by atoms with Crippen LogP contribution >= 0.6 is 0 Å². The Morgan fingerprint density at radius 3 is 2.75 bits per heavy atom. The SMILES string of the molecule is O=C(NCCCC(F)(F)F)C1CCCNC1. The van der Waals surface area contributed by atoms with Crippen molar-refractivity contribution in [3.63, 3.8) is 0 Å². The van der Waals surface area contributed by atoms with E-state index in [1.54, 1.807) is 0 Å². The Balaban J connectivity index is 2.10. The van der Waals surface area contributed by atoms with Crippen molar-refractivity contribution in [1.82, 2.24) is 10.6 Å². The van der Waals surface area contributed by atoms with Crippen LogP contribution in [0.5, 0.6) is 0 Å². The zero-order chi connectivity index (χ0) is 12.0. The first kappa shape index (κ1) is 13.3. The number of hydrogen-bond acceptors (Lipinski definition) is 2. The second kappa shape index (κ2) is 6.08. The number of nitrogens with one attached hydrogen (secondary N) is 2. The van der Waals surface area contributed by atoms with Gasteiger partial charge in [0.1, 0.15) is 0 Å². The van der Waals surface area contributed by atoms with Gasteiger partial charge in [0.2, 0.25) is 5.91 Å². The molecular formula is C10H17F3N2O. The molecule has 2 N–H and O–H groups in total. The van der Waals surface area contributed by atoms with Gasteiger partial charge in [0.25, 0.3) is 0 Å². The van der Waals surface area contributed by atoms with Gasteiger partial charge in [0.15, 0.2) is 0 Å². The molecule has 0 radical (unpaired) electrons. The summed E-state index contributed by atoms with van der Waals surface area (Å²) in [5.41, 5.74) is 0. The molecule has 1 amide bonds. The molecule has 0 aromatic carbocycles. The van der Waals surface area contributed by atoms with Gasteiger partial charge in [-0.05, 0) is 25.8 Å². The molecule has 0 spiro atoms. The molecule has 0 aromatic rings. The number of alkyl halides is 3. The second-order valence-corrected chi connectivity index (χ2v) is 4.05. The first-order chi connectivity index (χ1) is 7.49. The number of amides is 1. The van der Waals surface area contributed by atoms with E-state index in [1.807, 2.05) is 0 Å². The first-order valence-electron chi connectivity index (χ1n) is 5.54. The average molecular weight is 238 g/mol. The molecule has 1 unspecified atom stereocenters. The van der Waals surface area contributed by atoms with Gasteiger partial charge >= 0.3 is 6.18 Å². The van der Waals surface area contributed by atoms with E-state index >= 15 is 0 Å². The highest BCUT2D eigenvalue weighted by atomic mass is 19.4. The summed E-state index contributed by atoms with van der Waals surface area (Å²) in [7, 11) is 0. The number of hydrogen-bond donors (Lipinski definition) is 2. The molecule has 1 saturated heterocycles. The molecule has 3 nitrogen and oxygen atoms in total. The number of halogens is 3. The number of rotatable bonds is 4. The Labute approximate surface area is 92.8 Å². The van der Waals surface area contributed by atoms with Gasteiger partial charge in [-0.1, -0.05) is 0 Å². The summed E-state index contributed by atoms with van der Waals surface area (Å²) < 4.78 is 35.4. The Kier molecular flexibility index (Phi) is 5.05. The van der Waals surface area contributed by atoms with Crippen LogP contribution in [0.15, 0.2) is 0 Å². The van der Waals surface area contributed by atoms with E-state index in [-0.39, 0.29) is 24.8 Å². The Morgan fingerprint density at radius 1 is 1.44 bits per heavy atom. The van der Waals surface area contributed by atoms with Crippen molar-refractivity contribution in [2.45, 2.75) is 31.9 Å². The van der Waals surface area contributed by atoms with Gasteiger partial charge < -0.3 is 10.6 Å². The normalized spacial score (nSPS) is 21.8. The van der Waals surface area contributed by atoms with Crippen LogP contribution in [-0.2, 0) is 4.79 Å². The van der Waals surface area contributed by atoms with Crippen molar-refractivity contribution >= 4 is 5.91 Å². The molecule has 1 aliphatic heterocycles. The minimum Gasteiger partial charge on any atom is -0.356 e. The summed E-state index contributed by atoms with van der Waals surface area (Å²) in [5.74, 6) is -0.214. The van der Waals surface area contributed by atoms with Crippen LogP contribution < -0.4 is 10.6 Å². The Morgan fingerprint density at radius 2 is 2.19 bits per heavy atom. The zero-order valence-electron chi connectivity index (χ0n) is 9.07. The Bertz CT molecular complexity index is 225. The van der Waals surface area contributed by atoms with Crippen LogP contribution in [0, 0.1) is 5.92 Å². The Hall–Kier alpha value is -0.780. The van der Waals surface area contributed by atoms with Crippen molar-refractivity contribution in [3.05, 3.63) is 0 Å². The molecule has 1 fully saturated rings. The third-order valence-electron chi connectivity index (χ3n) is 2.60. The van der Waals surface area contributed by atoms with Crippen LogP contribution in [0.4, 0.5) is 13.2 Å². The fourth-order valence-corrected chi connectivity index (χ4v) is 1.72. The lowest BCUT2D eigenvalue weighted by Crippen LogP contribution is -2.40. The lowest BCUT2D eigenvalue weighted by atomic mass is 9.99. The van der Waals surface area contributed by atoms with E-state index in [1.165, 1.54) is 0 Å². The summed E-state index contributed by atoms with van der Waals surface area (Å²) in [4.78, 5) is 11.5. The number of carbonyl (C=O) groups excluding carboxylic acids is 1. The minimum atomic E-state index is -4.13. The molecule has 6 heteroatoms. The molecule has 1 heterocycles. The highest BCUT2D eigenvalue weighted by Gasteiger charge is 2.26. The van der Waals surface area contributed by atoms with Crippen molar-refractivity contribution < 1.29 is 18.0 Å². The topological polar surface area (TPSA) is 41.1 Å². The summed E-state index contributed by atoms with van der Waals surface area (Å²) >= 11 is 0. The van der Waals surface area contributed by atoms with Gasteiger partial charge in [-0.15, -0.1) is 0 Å². The van der Waals surface area contributed by atoms with Gasteiger partial charge in [-0.2, -0.15) is 13.2 Å². The highest BCUT2D eigenvalue weighted by molar-refractivity contribution is 5.78. The number of carbonyl (C=O) groups is 1. The smallest absolute Gasteiger partial charge is 0.356 e. The second-order valence-electron chi connectivity index (χ2n) is 4.05. The van der Waals surface area contributed by atoms with Gasteiger partial charge in [-0.25, -0.2) is 0 Å². The summed E-state index contributed by atoms with van der Waals surface area (Å²) in [5, 5.41) is 5.64. The summed E-state index contributed by atoms with van der Waals surface area (Å²) in [6.07, 6.45) is -3.25. The van der Waals surface area contributed by atoms with Gasteiger partial charge in [0.05, 0.1) is 5.92 Å². The average Bonchev–Trinajstić information content (AvgIpc) is 2.24. The molecule has 1 rings (SSSR count). The molecule has 0 saturated carbocycles.